The summed E-state index contributed by atoms with van der Waals surface area (Å²) in [5.74, 6) is -11.6. The third-order valence-corrected chi connectivity index (χ3v) is 15.0. The van der Waals surface area contributed by atoms with Gasteiger partial charge in [-0.1, -0.05) is 111 Å². The summed E-state index contributed by atoms with van der Waals surface area (Å²) in [7, 11) is 0. The van der Waals surface area contributed by atoms with Gasteiger partial charge in [-0.15, -0.1) is 0 Å². The Balaban J connectivity index is 0.000000490. The third kappa shape index (κ3) is 25.6. The molecule has 8 N–H and O–H groups in total. The van der Waals surface area contributed by atoms with E-state index in [1.165, 1.54) is 0 Å². The molecule has 0 amide bonds. The molecule has 4 aliphatic heterocycles. The lowest BCUT2D eigenvalue weighted by atomic mass is 9.98. The zero-order valence-corrected chi connectivity index (χ0v) is 57.3. The van der Waals surface area contributed by atoms with Crippen LogP contribution < -0.4 is 0 Å². The van der Waals surface area contributed by atoms with Gasteiger partial charge in [0.05, 0.1) is 19.1 Å². The molecule has 544 valence electrons. The van der Waals surface area contributed by atoms with E-state index in [0.29, 0.717) is 6.42 Å². The lowest BCUT2D eigenvalue weighted by Gasteiger charge is -2.45. The third-order valence-electron chi connectivity index (χ3n) is 15.0. The first kappa shape index (κ1) is 83.4. The Kier molecular flexibility index (Phi) is 34.6. The van der Waals surface area contributed by atoms with Gasteiger partial charge in [0.15, 0.2) is 24.4 Å². The predicted octanol–water partition coefficient (Wildman–Crippen LogP) is 1.98. The van der Waals surface area contributed by atoms with Gasteiger partial charge >= 0.3 is 47.8 Å². The van der Waals surface area contributed by atoms with Crippen LogP contribution in [-0.4, -0.2) is 238 Å². The number of rotatable bonds is 34. The molecule has 0 aromatic rings. The number of carbonyl (C=O) groups excluding carboxylic acids is 8. The van der Waals surface area contributed by atoms with Crippen LogP contribution in [0, 0.1) is 47.3 Å². The molecule has 30 heteroatoms. The Bertz CT molecular complexity index is 2380. The number of hydrogen-bond acceptors (Lipinski definition) is 30. The van der Waals surface area contributed by atoms with Crippen LogP contribution in [0.2, 0.25) is 0 Å². The highest BCUT2D eigenvalue weighted by atomic mass is 16.8. The summed E-state index contributed by atoms with van der Waals surface area (Å²) in [6.07, 6.45) is -26.3. The first-order valence-corrected chi connectivity index (χ1v) is 32.6. The topological polar surface area (TPSA) is 428 Å². The van der Waals surface area contributed by atoms with Crippen LogP contribution in [0.3, 0.4) is 0 Å². The van der Waals surface area contributed by atoms with E-state index < -0.39 is 203 Å². The van der Waals surface area contributed by atoms with Gasteiger partial charge in [-0.25, -0.2) is 0 Å². The molecule has 0 spiro atoms. The fraction of sp³-hybridized carbons (Fsp3) is 0.875. The smallest absolute Gasteiger partial charge is 0.308 e. The number of esters is 8. The maximum Gasteiger partial charge on any atom is 0.308 e. The summed E-state index contributed by atoms with van der Waals surface area (Å²) < 4.78 is 80.1. The molecule has 30 nitrogen and oxygen atoms in total. The van der Waals surface area contributed by atoms with Crippen molar-refractivity contribution in [1.82, 2.24) is 0 Å². The maximum atomic E-state index is 13.0. The quantitative estimate of drug-likeness (QED) is 0.0337. The number of ether oxygens (including phenoxy) is 14. The van der Waals surface area contributed by atoms with E-state index in [1.54, 1.807) is 83.1 Å². The van der Waals surface area contributed by atoms with E-state index in [-0.39, 0.29) is 86.4 Å². The van der Waals surface area contributed by atoms with Crippen LogP contribution in [0.1, 0.15) is 162 Å². The molecule has 94 heavy (non-hydrogen) atoms. The molecule has 19 atom stereocenters. The minimum absolute atomic E-state index is 0.0143. The van der Waals surface area contributed by atoms with Crippen molar-refractivity contribution in [3.8, 4) is 0 Å². The van der Waals surface area contributed by atoms with Gasteiger partial charge in [0.1, 0.15) is 87.5 Å². The fourth-order valence-electron chi connectivity index (χ4n) is 10.0. The van der Waals surface area contributed by atoms with Crippen molar-refractivity contribution in [3.05, 3.63) is 0 Å². The summed E-state index contributed by atoms with van der Waals surface area (Å²) in [5, 5.41) is 85.8. The normalized spacial score (nSPS) is 31.3. The summed E-state index contributed by atoms with van der Waals surface area (Å²) in [6.45, 7) is 24.2. The first-order chi connectivity index (χ1) is 43.8. The predicted molar refractivity (Wildman–Crippen MR) is 324 cm³/mol. The average molecular weight is 1360 g/mol. The molecule has 0 radical (unpaired) electrons. The standard InChI is InChI=1S/2C32H54O15/c1-16(2)9-22(34)41-14-21-27(39)30(45-25(37)12-19(7)8)32(46-21,15-42-23(35)10-17(3)4)47-31-29(44-24(36)11-18(5)6)28(40)26(38)20(13-33)43-31;1-9-19(8)30(40)42-15-32(47-31-28(44-23(35)11-17(4)5)27(39)25(37)20(13-33)43-31)29(45-24(36)12-18(6)7)26(38)21(46-32)14-41-22(34)10-16(2)3/h16-21,26-31,33,38-40H,9-15H2,1-8H3;16-21,25-29,31,33,37-39H,9-15H2,1-8H3/t20-,21-,26-,27-,28+,29-,30+,31+,32+;19-,20-,21-,25-,26-,27+,28-,29+,31+,32+/m11/s1. The van der Waals surface area contributed by atoms with Gasteiger partial charge in [0.2, 0.25) is 24.2 Å². The second kappa shape index (κ2) is 39.0. The first-order valence-electron chi connectivity index (χ1n) is 32.6. The van der Waals surface area contributed by atoms with Crippen LogP contribution in [0.25, 0.3) is 0 Å². The molecular weight excluding hydrogens is 1250 g/mol. The molecule has 0 aliphatic carbocycles. The molecule has 0 aromatic heterocycles. The Morgan fingerprint density at radius 2 is 0.660 bits per heavy atom. The SMILES string of the molecule is CC(C)CC(=O)OC[C@H]1O[C@@](COC(=O)CC(C)C)(O[C@@H]2O[C@H](CO)[C@@H](O)[C@H](O)[C@H]2OC(=O)CC(C)C)[C@@H](OC(=O)CC(C)C)[C@@H]1O.CC[C@@H](C)C(=O)OC[C@@]1(O[C@@H]2O[C@H](CO)[C@@H](O)[C@H](O)[C@H]2OC(=O)CC(C)C)O[C@H](COC(=O)CC(C)C)[C@@H](O)[C@@H]1OC(=O)CC(C)C. The fourth-order valence-corrected chi connectivity index (χ4v) is 10.0. The van der Waals surface area contributed by atoms with Gasteiger partial charge in [-0.2, -0.15) is 0 Å². The van der Waals surface area contributed by atoms with Crippen molar-refractivity contribution in [3.63, 3.8) is 0 Å². The van der Waals surface area contributed by atoms with Crippen LogP contribution in [0.4, 0.5) is 0 Å². The van der Waals surface area contributed by atoms with Crippen molar-refractivity contribution in [1.29, 1.82) is 0 Å². The number of aliphatic hydroxyl groups excluding tert-OH is 8. The van der Waals surface area contributed by atoms with E-state index in [1.807, 2.05) is 27.7 Å². The molecule has 0 unspecified atom stereocenters. The summed E-state index contributed by atoms with van der Waals surface area (Å²) >= 11 is 0. The highest BCUT2D eigenvalue weighted by Gasteiger charge is 2.65. The minimum Gasteiger partial charge on any atom is -0.463 e. The molecule has 4 saturated heterocycles. The van der Waals surface area contributed by atoms with Crippen LogP contribution >= 0.6 is 0 Å². The Labute approximate surface area is 550 Å². The highest BCUT2D eigenvalue weighted by Crippen LogP contribution is 2.42. The van der Waals surface area contributed by atoms with Gasteiger partial charge in [0.25, 0.3) is 0 Å². The number of carbonyl (C=O) groups is 8. The minimum atomic E-state index is -2.38. The molecule has 0 aromatic carbocycles. The van der Waals surface area contributed by atoms with Gasteiger partial charge < -0.3 is 107 Å². The van der Waals surface area contributed by atoms with E-state index in [4.69, 9.17) is 66.3 Å². The number of hydrogen-bond donors (Lipinski definition) is 8. The molecule has 4 rings (SSSR count). The maximum absolute atomic E-state index is 13.0. The summed E-state index contributed by atoms with van der Waals surface area (Å²) in [4.78, 5) is 102. The van der Waals surface area contributed by atoms with Gasteiger partial charge in [-0.3, -0.25) is 38.4 Å². The lowest BCUT2D eigenvalue weighted by Crippen LogP contribution is -2.64. The van der Waals surface area contributed by atoms with E-state index in [0.717, 1.165) is 0 Å². The summed E-state index contributed by atoms with van der Waals surface area (Å²) in [6, 6.07) is 0. The van der Waals surface area contributed by atoms with Crippen molar-refractivity contribution < 1.29 is 146 Å². The second-order valence-electron chi connectivity index (χ2n) is 27.4. The zero-order valence-electron chi connectivity index (χ0n) is 57.3. The molecule has 0 bridgehead atoms. The van der Waals surface area contributed by atoms with E-state index in [2.05, 4.69) is 0 Å². The van der Waals surface area contributed by atoms with Crippen LogP contribution in [0.15, 0.2) is 0 Å². The number of aliphatic hydroxyl groups is 8. The monoisotopic (exact) mass is 1360 g/mol. The second-order valence-corrected chi connectivity index (χ2v) is 27.4. The van der Waals surface area contributed by atoms with Crippen LogP contribution in [-0.2, 0) is 105 Å². The van der Waals surface area contributed by atoms with Crippen molar-refractivity contribution in [2.24, 2.45) is 47.3 Å². The van der Waals surface area contributed by atoms with E-state index in [9.17, 15) is 79.2 Å². The Morgan fingerprint density at radius 1 is 0.372 bits per heavy atom. The average Bonchev–Trinajstić information content (AvgIpc) is 1.55. The molecule has 4 heterocycles. The van der Waals surface area contributed by atoms with Crippen molar-refractivity contribution in [2.45, 2.75) is 272 Å². The zero-order chi connectivity index (χ0) is 71.3. The summed E-state index contributed by atoms with van der Waals surface area (Å²) in [5.41, 5.74) is 0. The largest absolute Gasteiger partial charge is 0.463 e. The van der Waals surface area contributed by atoms with Crippen LogP contribution in [0.5, 0.6) is 0 Å². The highest BCUT2D eigenvalue weighted by molar-refractivity contribution is 5.73. The van der Waals surface area contributed by atoms with Gasteiger partial charge in [-0.05, 0) is 47.8 Å². The molecule has 4 fully saturated rings. The van der Waals surface area contributed by atoms with E-state index >= 15 is 0 Å². The molecular formula is C64H108O30. The van der Waals surface area contributed by atoms with Crippen molar-refractivity contribution in [2.75, 3.05) is 39.6 Å². The molecule has 4 aliphatic rings. The Morgan fingerprint density at radius 3 is 0.957 bits per heavy atom. The lowest BCUT2D eigenvalue weighted by molar-refractivity contribution is -0.384. The molecule has 0 saturated carbocycles. The Hall–Kier alpha value is -4.80. The van der Waals surface area contributed by atoms with Gasteiger partial charge in [0, 0.05) is 44.9 Å². The van der Waals surface area contributed by atoms with Crippen molar-refractivity contribution >= 4 is 47.8 Å².